The molecule has 2 amide bonds. The first-order valence-corrected chi connectivity index (χ1v) is 11.0. The van der Waals surface area contributed by atoms with Crippen LogP contribution in [0.25, 0.3) is 0 Å². The van der Waals surface area contributed by atoms with Crippen LogP contribution in [0.15, 0.2) is 24.3 Å². The van der Waals surface area contributed by atoms with Gasteiger partial charge in [0.15, 0.2) is 0 Å². The van der Waals surface area contributed by atoms with Crippen LogP contribution in [0.1, 0.15) is 51.5 Å². The van der Waals surface area contributed by atoms with E-state index in [4.69, 9.17) is 0 Å². The Bertz CT molecular complexity index is 686. The average Bonchev–Trinajstić information content (AvgIpc) is 2.71. The summed E-state index contributed by atoms with van der Waals surface area (Å²) in [5.74, 6) is 1.05. The van der Waals surface area contributed by atoms with Crippen LogP contribution in [0.2, 0.25) is 0 Å². The van der Waals surface area contributed by atoms with E-state index >= 15 is 0 Å². The van der Waals surface area contributed by atoms with Crippen LogP contribution >= 0.6 is 0 Å². The maximum Gasteiger partial charge on any atom is 0.234 e. The lowest BCUT2D eigenvalue weighted by atomic mass is 9.78. The predicted molar refractivity (Wildman–Crippen MR) is 112 cm³/mol. The molecule has 0 radical (unpaired) electrons. The van der Waals surface area contributed by atoms with Crippen molar-refractivity contribution in [3.63, 3.8) is 0 Å². The number of rotatable bonds is 6. The van der Waals surface area contributed by atoms with Crippen LogP contribution in [0.4, 0.5) is 4.39 Å². The fourth-order valence-electron chi connectivity index (χ4n) is 4.53. The Morgan fingerprint density at radius 2 is 1.76 bits per heavy atom. The summed E-state index contributed by atoms with van der Waals surface area (Å²) in [6, 6.07) is 6.47. The van der Waals surface area contributed by atoms with Crippen LogP contribution < -0.4 is 10.6 Å². The van der Waals surface area contributed by atoms with Gasteiger partial charge in [0, 0.05) is 18.5 Å². The Morgan fingerprint density at radius 1 is 1.07 bits per heavy atom. The minimum absolute atomic E-state index is 0.0195. The van der Waals surface area contributed by atoms with Gasteiger partial charge in [0.1, 0.15) is 5.82 Å². The second-order valence-corrected chi connectivity index (χ2v) is 8.84. The summed E-state index contributed by atoms with van der Waals surface area (Å²) in [5.41, 5.74) is 0.889. The molecule has 1 aliphatic carbocycles. The molecule has 2 fully saturated rings. The Labute approximate surface area is 173 Å². The predicted octanol–water partition coefficient (Wildman–Crippen LogP) is 3.09. The third kappa shape index (κ3) is 6.26. The first-order valence-electron chi connectivity index (χ1n) is 11.0. The highest BCUT2D eigenvalue weighted by Gasteiger charge is 2.30. The fourth-order valence-corrected chi connectivity index (χ4v) is 4.53. The minimum atomic E-state index is -0.274. The molecule has 1 aromatic carbocycles. The SMILES string of the molecule is CC1CCCC(NC(=O)CN2CCC(C(=O)NCc3ccc(F)cc3)CC2)C1C. The highest BCUT2D eigenvalue weighted by molar-refractivity contribution is 5.79. The Morgan fingerprint density at radius 3 is 2.45 bits per heavy atom. The van der Waals surface area contributed by atoms with Crippen LogP contribution in [-0.4, -0.2) is 42.4 Å². The maximum atomic E-state index is 13.0. The molecule has 0 spiro atoms. The summed E-state index contributed by atoms with van der Waals surface area (Å²) in [6.07, 6.45) is 5.05. The molecule has 1 saturated carbocycles. The summed E-state index contributed by atoms with van der Waals surface area (Å²) in [6.45, 7) is 6.87. The molecule has 1 aliphatic heterocycles. The normalized spacial score (nSPS) is 26.1. The first kappa shape index (κ1) is 21.8. The van der Waals surface area contributed by atoms with E-state index in [2.05, 4.69) is 29.4 Å². The van der Waals surface area contributed by atoms with E-state index in [1.807, 2.05) is 0 Å². The molecule has 6 heteroatoms. The number of benzene rings is 1. The molecule has 160 valence electrons. The summed E-state index contributed by atoms with van der Waals surface area (Å²) in [4.78, 5) is 27.0. The maximum absolute atomic E-state index is 13.0. The number of nitrogens with zero attached hydrogens (tertiary/aromatic N) is 1. The van der Waals surface area contributed by atoms with Crippen molar-refractivity contribution in [2.75, 3.05) is 19.6 Å². The summed E-state index contributed by atoms with van der Waals surface area (Å²) < 4.78 is 13.0. The van der Waals surface area contributed by atoms with Gasteiger partial charge in [-0.25, -0.2) is 4.39 Å². The highest BCUT2D eigenvalue weighted by Crippen LogP contribution is 2.29. The molecule has 3 unspecified atom stereocenters. The molecular formula is C23H34FN3O2. The van der Waals surface area contributed by atoms with Crippen molar-refractivity contribution in [3.05, 3.63) is 35.6 Å². The fraction of sp³-hybridized carbons (Fsp3) is 0.652. The molecule has 1 saturated heterocycles. The van der Waals surface area contributed by atoms with Gasteiger partial charge >= 0.3 is 0 Å². The quantitative estimate of drug-likeness (QED) is 0.767. The van der Waals surface area contributed by atoms with E-state index in [0.717, 1.165) is 37.9 Å². The van der Waals surface area contributed by atoms with E-state index in [1.165, 1.54) is 25.0 Å². The van der Waals surface area contributed by atoms with Crippen molar-refractivity contribution in [1.29, 1.82) is 0 Å². The number of likely N-dealkylation sites (tertiary alicyclic amines) is 1. The zero-order valence-corrected chi connectivity index (χ0v) is 17.6. The van der Waals surface area contributed by atoms with Crippen LogP contribution in [-0.2, 0) is 16.1 Å². The number of halogens is 1. The van der Waals surface area contributed by atoms with E-state index in [9.17, 15) is 14.0 Å². The summed E-state index contributed by atoms with van der Waals surface area (Å²) in [5, 5.41) is 6.18. The van der Waals surface area contributed by atoms with Crippen molar-refractivity contribution in [2.45, 2.75) is 58.5 Å². The van der Waals surface area contributed by atoms with Crippen molar-refractivity contribution >= 4 is 11.8 Å². The first-order chi connectivity index (χ1) is 13.9. The van der Waals surface area contributed by atoms with Crippen LogP contribution in [0, 0.1) is 23.6 Å². The molecule has 2 N–H and O–H groups in total. The molecule has 0 aromatic heterocycles. The number of hydrogen-bond acceptors (Lipinski definition) is 3. The number of carbonyl (C=O) groups excluding carboxylic acids is 2. The monoisotopic (exact) mass is 403 g/mol. The molecular weight excluding hydrogens is 369 g/mol. The number of amides is 2. The summed E-state index contributed by atoms with van der Waals surface area (Å²) in [7, 11) is 0. The molecule has 3 rings (SSSR count). The lowest BCUT2D eigenvalue weighted by Gasteiger charge is -2.36. The van der Waals surface area contributed by atoms with Crippen molar-refractivity contribution in [2.24, 2.45) is 17.8 Å². The van der Waals surface area contributed by atoms with Crippen LogP contribution in [0.3, 0.4) is 0 Å². The zero-order valence-electron chi connectivity index (χ0n) is 17.6. The van der Waals surface area contributed by atoms with Gasteiger partial charge in [-0.1, -0.05) is 38.8 Å². The molecule has 3 atom stereocenters. The van der Waals surface area contributed by atoms with E-state index in [1.54, 1.807) is 12.1 Å². The number of nitrogens with one attached hydrogen (secondary N) is 2. The van der Waals surface area contributed by atoms with Crippen molar-refractivity contribution in [3.8, 4) is 0 Å². The molecule has 5 nitrogen and oxygen atoms in total. The van der Waals surface area contributed by atoms with Gasteiger partial charge in [0.25, 0.3) is 0 Å². The third-order valence-corrected chi connectivity index (χ3v) is 6.76. The largest absolute Gasteiger partial charge is 0.352 e. The molecule has 29 heavy (non-hydrogen) atoms. The van der Waals surface area contributed by atoms with Gasteiger partial charge < -0.3 is 10.6 Å². The van der Waals surface area contributed by atoms with Gasteiger partial charge in [-0.3, -0.25) is 14.5 Å². The van der Waals surface area contributed by atoms with Gasteiger partial charge in [-0.2, -0.15) is 0 Å². The van der Waals surface area contributed by atoms with Gasteiger partial charge in [-0.15, -0.1) is 0 Å². The van der Waals surface area contributed by atoms with Crippen LogP contribution in [0.5, 0.6) is 0 Å². The highest BCUT2D eigenvalue weighted by atomic mass is 19.1. The topological polar surface area (TPSA) is 61.4 Å². The third-order valence-electron chi connectivity index (χ3n) is 6.76. The van der Waals surface area contributed by atoms with Gasteiger partial charge in [-0.05, 0) is 61.9 Å². The standard InChI is InChI=1S/C23H34FN3O2/c1-16-4-3-5-21(17(16)2)26-22(28)15-27-12-10-19(11-13-27)23(29)25-14-18-6-8-20(24)9-7-18/h6-9,16-17,19,21H,3-5,10-15H2,1-2H3,(H,25,29)(H,26,28). The van der Waals surface area contributed by atoms with E-state index < -0.39 is 0 Å². The second kappa shape index (κ2) is 10.2. The van der Waals surface area contributed by atoms with Gasteiger partial charge in [0.05, 0.1) is 6.54 Å². The minimum Gasteiger partial charge on any atom is -0.352 e. The van der Waals surface area contributed by atoms with Crippen molar-refractivity contribution in [1.82, 2.24) is 15.5 Å². The molecule has 1 heterocycles. The lowest BCUT2D eigenvalue weighted by Crippen LogP contribution is -2.49. The summed E-state index contributed by atoms with van der Waals surface area (Å²) >= 11 is 0. The zero-order chi connectivity index (χ0) is 20.8. The number of hydrogen-bond donors (Lipinski definition) is 2. The smallest absolute Gasteiger partial charge is 0.234 e. The van der Waals surface area contributed by atoms with Gasteiger partial charge in [0.2, 0.25) is 11.8 Å². The Hall–Kier alpha value is -1.95. The molecule has 0 bridgehead atoms. The van der Waals surface area contributed by atoms with E-state index in [-0.39, 0.29) is 23.5 Å². The lowest BCUT2D eigenvalue weighted by molar-refractivity contribution is -0.127. The Balaban J connectivity index is 1.36. The Kier molecular flexibility index (Phi) is 7.64. The van der Waals surface area contributed by atoms with E-state index in [0.29, 0.717) is 31.0 Å². The number of carbonyl (C=O) groups is 2. The molecule has 1 aromatic rings. The molecule has 2 aliphatic rings. The number of piperidine rings is 1. The van der Waals surface area contributed by atoms with Crippen molar-refractivity contribution < 1.29 is 14.0 Å². The second-order valence-electron chi connectivity index (χ2n) is 8.84. The average molecular weight is 404 g/mol.